The van der Waals surface area contributed by atoms with Crippen molar-refractivity contribution in [3.8, 4) is 0 Å². The summed E-state index contributed by atoms with van der Waals surface area (Å²) in [7, 11) is 0. The molecular formula is C14H10Br2N2O3. The molecule has 1 N–H and O–H groups in total. The van der Waals surface area contributed by atoms with Crippen molar-refractivity contribution < 1.29 is 9.72 Å². The van der Waals surface area contributed by atoms with Gasteiger partial charge >= 0.3 is 0 Å². The van der Waals surface area contributed by atoms with Gasteiger partial charge in [0.05, 0.1) is 4.92 Å². The Labute approximate surface area is 137 Å². The second-order valence-corrected chi connectivity index (χ2v) is 6.20. The Morgan fingerprint density at radius 1 is 1.14 bits per heavy atom. The minimum absolute atomic E-state index is 0.00398. The summed E-state index contributed by atoms with van der Waals surface area (Å²) in [5, 5.41) is 13.4. The van der Waals surface area contributed by atoms with Gasteiger partial charge in [-0.1, -0.05) is 31.9 Å². The van der Waals surface area contributed by atoms with Crippen LogP contribution < -0.4 is 5.32 Å². The first-order valence-electron chi connectivity index (χ1n) is 5.89. The summed E-state index contributed by atoms with van der Waals surface area (Å²) in [5.74, 6) is -0.283. The number of nitrogens with zero attached hydrogens (tertiary/aromatic N) is 1. The summed E-state index contributed by atoms with van der Waals surface area (Å²) in [4.78, 5) is 22.4. The molecule has 0 unspecified atom stereocenters. The molecule has 0 bridgehead atoms. The Hall–Kier alpha value is -1.73. The summed E-state index contributed by atoms with van der Waals surface area (Å²) in [6, 6.07) is 9.53. The van der Waals surface area contributed by atoms with Crippen molar-refractivity contribution in [2.24, 2.45) is 0 Å². The van der Waals surface area contributed by atoms with Crippen LogP contribution in [0.25, 0.3) is 0 Å². The molecule has 0 atom stereocenters. The zero-order chi connectivity index (χ0) is 15.6. The normalized spacial score (nSPS) is 10.2. The van der Waals surface area contributed by atoms with E-state index in [0.717, 1.165) is 8.95 Å². The first-order chi connectivity index (χ1) is 9.86. The molecule has 2 aromatic carbocycles. The van der Waals surface area contributed by atoms with Crippen LogP contribution in [0, 0.1) is 17.0 Å². The summed E-state index contributed by atoms with van der Waals surface area (Å²) < 4.78 is 1.56. The average molecular weight is 414 g/mol. The van der Waals surface area contributed by atoms with E-state index in [9.17, 15) is 14.9 Å². The highest BCUT2D eigenvalue weighted by molar-refractivity contribution is 9.11. The van der Waals surface area contributed by atoms with Crippen LogP contribution in [-0.4, -0.2) is 10.8 Å². The fourth-order valence-corrected chi connectivity index (χ4v) is 3.07. The number of hydrogen-bond acceptors (Lipinski definition) is 3. The average Bonchev–Trinajstić information content (AvgIpc) is 2.39. The van der Waals surface area contributed by atoms with E-state index in [1.54, 1.807) is 19.1 Å². The third kappa shape index (κ3) is 3.89. The standard InChI is InChI=1S/C14H10Br2N2O3/c1-8-4-12(18(20)21)2-3-13(8)17-14(19)9-5-10(15)7-11(16)6-9/h2-7H,1H3,(H,17,19). The van der Waals surface area contributed by atoms with Crippen LogP contribution >= 0.6 is 31.9 Å². The van der Waals surface area contributed by atoms with E-state index < -0.39 is 4.92 Å². The van der Waals surface area contributed by atoms with Crippen LogP contribution in [0.3, 0.4) is 0 Å². The van der Waals surface area contributed by atoms with Crippen LogP contribution in [0.1, 0.15) is 15.9 Å². The second-order valence-electron chi connectivity index (χ2n) is 4.37. The smallest absolute Gasteiger partial charge is 0.269 e. The van der Waals surface area contributed by atoms with Gasteiger partial charge in [-0.25, -0.2) is 0 Å². The summed E-state index contributed by atoms with van der Waals surface area (Å²) >= 11 is 6.64. The fourth-order valence-electron chi connectivity index (χ4n) is 1.78. The van der Waals surface area contributed by atoms with Gasteiger partial charge < -0.3 is 5.32 Å². The van der Waals surface area contributed by atoms with Gasteiger partial charge in [0, 0.05) is 32.3 Å². The maximum atomic E-state index is 12.2. The maximum Gasteiger partial charge on any atom is 0.269 e. The van der Waals surface area contributed by atoms with Crippen molar-refractivity contribution >= 4 is 49.1 Å². The maximum absolute atomic E-state index is 12.2. The molecule has 0 aliphatic rings. The molecule has 0 heterocycles. The lowest BCUT2D eigenvalue weighted by atomic mass is 10.1. The summed E-state index contributed by atoms with van der Waals surface area (Å²) in [6.45, 7) is 1.71. The van der Waals surface area contributed by atoms with Crippen LogP contribution in [0.4, 0.5) is 11.4 Å². The number of benzene rings is 2. The molecule has 108 valence electrons. The van der Waals surface area contributed by atoms with E-state index >= 15 is 0 Å². The van der Waals surface area contributed by atoms with Crippen molar-refractivity contribution in [3.63, 3.8) is 0 Å². The monoisotopic (exact) mass is 412 g/mol. The molecule has 0 aliphatic heterocycles. The van der Waals surface area contributed by atoms with E-state index in [2.05, 4.69) is 37.2 Å². The van der Waals surface area contributed by atoms with Gasteiger partial charge in [0.25, 0.3) is 11.6 Å². The number of nitro groups is 1. The minimum atomic E-state index is -0.468. The highest BCUT2D eigenvalue weighted by Crippen LogP contribution is 2.24. The first kappa shape index (κ1) is 15.7. The van der Waals surface area contributed by atoms with E-state index in [4.69, 9.17) is 0 Å². The van der Waals surface area contributed by atoms with Crippen molar-refractivity contribution in [1.82, 2.24) is 0 Å². The lowest BCUT2D eigenvalue weighted by molar-refractivity contribution is -0.384. The third-order valence-electron chi connectivity index (χ3n) is 2.79. The topological polar surface area (TPSA) is 72.2 Å². The van der Waals surface area contributed by atoms with Gasteiger partial charge in [-0.15, -0.1) is 0 Å². The number of anilines is 1. The molecular weight excluding hydrogens is 404 g/mol. The van der Waals surface area contributed by atoms with Crippen LogP contribution in [0.15, 0.2) is 45.3 Å². The molecule has 0 aromatic heterocycles. The Kier molecular flexibility index (Phi) is 4.74. The second kappa shape index (κ2) is 6.36. The highest BCUT2D eigenvalue weighted by atomic mass is 79.9. The number of amides is 1. The minimum Gasteiger partial charge on any atom is -0.322 e. The Bertz CT molecular complexity index is 712. The lowest BCUT2D eigenvalue weighted by Crippen LogP contribution is -2.13. The number of non-ortho nitro benzene ring substituents is 1. The first-order valence-corrected chi connectivity index (χ1v) is 7.48. The molecule has 1 amide bonds. The molecule has 21 heavy (non-hydrogen) atoms. The van der Waals surface area contributed by atoms with Crippen LogP contribution in [-0.2, 0) is 0 Å². The van der Waals surface area contributed by atoms with Crippen molar-refractivity contribution in [1.29, 1.82) is 0 Å². The largest absolute Gasteiger partial charge is 0.322 e. The predicted octanol–water partition coefficient (Wildman–Crippen LogP) is 4.68. The van der Waals surface area contributed by atoms with Gasteiger partial charge in [-0.05, 0) is 36.8 Å². The fraction of sp³-hybridized carbons (Fsp3) is 0.0714. The number of carbonyl (C=O) groups is 1. The molecule has 7 heteroatoms. The molecule has 2 rings (SSSR count). The molecule has 0 spiro atoms. The van der Waals surface area contributed by atoms with Gasteiger partial charge in [-0.2, -0.15) is 0 Å². The van der Waals surface area contributed by atoms with E-state index in [1.807, 2.05) is 6.07 Å². The number of carbonyl (C=O) groups excluding carboxylic acids is 1. The van der Waals surface area contributed by atoms with Gasteiger partial charge in [0.2, 0.25) is 0 Å². The van der Waals surface area contributed by atoms with E-state index in [0.29, 0.717) is 16.8 Å². The van der Waals surface area contributed by atoms with Crippen molar-refractivity contribution in [3.05, 3.63) is 66.6 Å². The molecule has 0 saturated carbocycles. The zero-order valence-corrected chi connectivity index (χ0v) is 14.1. The number of aryl methyl sites for hydroxylation is 1. The summed E-state index contributed by atoms with van der Waals surface area (Å²) in [6.07, 6.45) is 0. The SMILES string of the molecule is Cc1cc([N+](=O)[O-])ccc1NC(=O)c1cc(Br)cc(Br)c1. The zero-order valence-electron chi connectivity index (χ0n) is 10.9. The molecule has 0 saturated heterocycles. The number of nitro benzene ring substituents is 1. The van der Waals surface area contributed by atoms with Crippen molar-refractivity contribution in [2.75, 3.05) is 5.32 Å². The molecule has 0 fully saturated rings. The Balaban J connectivity index is 2.25. The molecule has 2 aromatic rings. The number of halogens is 2. The number of rotatable bonds is 3. The van der Waals surface area contributed by atoms with Gasteiger partial charge in [-0.3, -0.25) is 14.9 Å². The molecule has 5 nitrogen and oxygen atoms in total. The highest BCUT2D eigenvalue weighted by Gasteiger charge is 2.12. The summed E-state index contributed by atoms with van der Waals surface area (Å²) in [5.41, 5.74) is 1.65. The van der Waals surface area contributed by atoms with E-state index in [-0.39, 0.29) is 11.6 Å². The molecule has 0 aliphatic carbocycles. The third-order valence-corrected chi connectivity index (χ3v) is 3.71. The van der Waals surface area contributed by atoms with Gasteiger partial charge in [0.15, 0.2) is 0 Å². The number of hydrogen-bond donors (Lipinski definition) is 1. The quantitative estimate of drug-likeness (QED) is 0.586. The predicted molar refractivity (Wildman–Crippen MR) is 87.6 cm³/mol. The van der Waals surface area contributed by atoms with Crippen LogP contribution in [0.5, 0.6) is 0 Å². The number of nitrogens with one attached hydrogen (secondary N) is 1. The Morgan fingerprint density at radius 3 is 2.29 bits per heavy atom. The lowest BCUT2D eigenvalue weighted by Gasteiger charge is -2.09. The van der Waals surface area contributed by atoms with Crippen LogP contribution in [0.2, 0.25) is 0 Å². The molecule has 0 radical (unpaired) electrons. The Morgan fingerprint density at radius 2 is 1.76 bits per heavy atom. The van der Waals surface area contributed by atoms with Gasteiger partial charge in [0.1, 0.15) is 0 Å². The van der Waals surface area contributed by atoms with E-state index in [1.165, 1.54) is 18.2 Å². The van der Waals surface area contributed by atoms with Crippen molar-refractivity contribution in [2.45, 2.75) is 6.92 Å².